The van der Waals surface area contributed by atoms with Gasteiger partial charge in [0.15, 0.2) is 0 Å². The molecule has 16 heavy (non-hydrogen) atoms. The molecule has 0 saturated carbocycles. The second-order valence-corrected chi connectivity index (χ2v) is 6.70. The Labute approximate surface area is 108 Å². The van der Waals surface area contributed by atoms with Crippen molar-refractivity contribution in [1.29, 1.82) is 0 Å². The molecule has 1 heterocycles. The molecule has 0 radical (unpaired) electrons. The number of aromatic nitrogens is 2. The summed E-state index contributed by atoms with van der Waals surface area (Å²) in [6.45, 7) is 0.513. The van der Waals surface area contributed by atoms with Crippen LogP contribution in [0.1, 0.15) is 6.42 Å². The zero-order chi connectivity index (χ0) is 12.2. The quantitative estimate of drug-likeness (QED) is 0.658. The fourth-order valence-electron chi connectivity index (χ4n) is 1.01. The highest BCUT2D eigenvalue weighted by Gasteiger charge is 2.04. The van der Waals surface area contributed by atoms with E-state index in [2.05, 4.69) is 31.2 Å². The molecular weight excluding hydrogens is 318 g/mol. The lowest BCUT2D eigenvalue weighted by Crippen LogP contribution is -2.10. The van der Waals surface area contributed by atoms with E-state index in [4.69, 9.17) is 11.6 Å². The van der Waals surface area contributed by atoms with Gasteiger partial charge in [-0.3, -0.25) is 0 Å². The molecule has 0 unspecified atom stereocenters. The minimum atomic E-state index is -2.91. The van der Waals surface area contributed by atoms with Gasteiger partial charge in [0.2, 0.25) is 5.28 Å². The van der Waals surface area contributed by atoms with Crippen molar-refractivity contribution in [3.05, 3.63) is 16.0 Å². The first-order valence-corrected chi connectivity index (χ1v) is 7.71. The molecule has 8 heteroatoms. The van der Waals surface area contributed by atoms with Crippen molar-refractivity contribution in [3.63, 3.8) is 0 Å². The van der Waals surface area contributed by atoms with E-state index in [1.807, 2.05) is 0 Å². The van der Waals surface area contributed by atoms with E-state index < -0.39 is 9.84 Å². The Bertz CT molecular complexity index is 466. The fraction of sp³-hybridized carbons (Fsp3) is 0.500. The van der Waals surface area contributed by atoms with Crippen molar-refractivity contribution in [3.8, 4) is 0 Å². The van der Waals surface area contributed by atoms with Gasteiger partial charge in [-0.15, -0.1) is 0 Å². The van der Waals surface area contributed by atoms with Gasteiger partial charge in [-0.25, -0.2) is 13.4 Å². The third-order valence-electron chi connectivity index (χ3n) is 1.70. The number of anilines is 1. The van der Waals surface area contributed by atoms with Gasteiger partial charge in [0.25, 0.3) is 0 Å². The second-order valence-electron chi connectivity index (χ2n) is 3.25. The number of nitrogens with one attached hydrogen (secondary N) is 1. The zero-order valence-corrected chi connectivity index (χ0v) is 11.7. The maximum Gasteiger partial charge on any atom is 0.224 e. The van der Waals surface area contributed by atoms with E-state index in [0.29, 0.717) is 23.3 Å². The van der Waals surface area contributed by atoms with Crippen LogP contribution in [-0.4, -0.2) is 36.9 Å². The van der Waals surface area contributed by atoms with Crippen LogP contribution < -0.4 is 5.32 Å². The van der Waals surface area contributed by atoms with Crippen molar-refractivity contribution in [2.45, 2.75) is 6.42 Å². The summed E-state index contributed by atoms with van der Waals surface area (Å²) in [4.78, 5) is 7.73. The Morgan fingerprint density at radius 3 is 2.88 bits per heavy atom. The number of hydrogen-bond donors (Lipinski definition) is 1. The third kappa shape index (κ3) is 5.09. The highest BCUT2D eigenvalue weighted by molar-refractivity contribution is 9.10. The molecule has 5 nitrogen and oxygen atoms in total. The van der Waals surface area contributed by atoms with E-state index in [0.717, 1.165) is 0 Å². The summed E-state index contributed by atoms with van der Waals surface area (Å²) >= 11 is 8.88. The molecule has 90 valence electrons. The third-order valence-corrected chi connectivity index (χ3v) is 3.49. The normalized spacial score (nSPS) is 11.4. The van der Waals surface area contributed by atoms with Crippen LogP contribution in [0.4, 0.5) is 5.82 Å². The molecular formula is C8H11BrClN3O2S. The van der Waals surface area contributed by atoms with Crippen LogP contribution in [0, 0.1) is 0 Å². The largest absolute Gasteiger partial charge is 0.369 e. The molecule has 0 aliphatic heterocycles. The summed E-state index contributed by atoms with van der Waals surface area (Å²) in [7, 11) is -2.91. The van der Waals surface area contributed by atoms with Gasteiger partial charge < -0.3 is 5.32 Å². The van der Waals surface area contributed by atoms with Crippen LogP contribution in [-0.2, 0) is 9.84 Å². The molecule has 0 spiro atoms. The molecule has 0 saturated heterocycles. The van der Waals surface area contributed by atoms with Crippen LogP contribution in [0.5, 0.6) is 0 Å². The zero-order valence-electron chi connectivity index (χ0n) is 8.57. The lowest BCUT2D eigenvalue weighted by molar-refractivity contribution is 0.600. The van der Waals surface area contributed by atoms with Gasteiger partial charge >= 0.3 is 0 Å². The predicted octanol–water partition coefficient (Wildman–Crippen LogP) is 1.74. The Kier molecular flexibility index (Phi) is 4.94. The molecule has 0 fully saturated rings. The molecule has 0 bridgehead atoms. The summed E-state index contributed by atoms with van der Waals surface area (Å²) in [5.74, 6) is 0.713. The molecule has 1 aromatic rings. The number of hydrogen-bond acceptors (Lipinski definition) is 5. The van der Waals surface area contributed by atoms with Crippen molar-refractivity contribution in [2.24, 2.45) is 0 Å². The summed E-state index contributed by atoms with van der Waals surface area (Å²) in [5.41, 5.74) is 0. The van der Waals surface area contributed by atoms with Gasteiger partial charge in [-0.1, -0.05) is 0 Å². The Hall–Kier alpha value is -0.400. The Morgan fingerprint density at radius 1 is 1.56 bits per heavy atom. The fourth-order valence-corrected chi connectivity index (χ4v) is 2.14. The molecule has 0 aromatic carbocycles. The molecule has 0 amide bonds. The summed E-state index contributed by atoms with van der Waals surface area (Å²) in [6, 6.07) is 0. The SMILES string of the molecule is CS(=O)(=O)CCCNc1nc(Cl)ncc1Br. The smallest absolute Gasteiger partial charge is 0.224 e. The summed E-state index contributed by atoms with van der Waals surface area (Å²) in [5, 5.41) is 3.13. The van der Waals surface area contributed by atoms with Crippen molar-refractivity contribution < 1.29 is 8.42 Å². The molecule has 0 atom stereocenters. The summed E-state index contributed by atoms with van der Waals surface area (Å²) in [6.07, 6.45) is 3.27. The van der Waals surface area contributed by atoms with E-state index in [1.165, 1.54) is 12.5 Å². The minimum absolute atomic E-state index is 0.147. The van der Waals surface area contributed by atoms with Gasteiger partial charge in [-0.05, 0) is 34.0 Å². The molecule has 1 N–H and O–H groups in total. The lowest BCUT2D eigenvalue weighted by atomic mass is 10.4. The van der Waals surface area contributed by atoms with Crippen molar-refractivity contribution >= 4 is 43.2 Å². The van der Waals surface area contributed by atoms with Gasteiger partial charge in [0.1, 0.15) is 15.7 Å². The van der Waals surface area contributed by atoms with Crippen LogP contribution in [0.2, 0.25) is 5.28 Å². The van der Waals surface area contributed by atoms with Crippen molar-refractivity contribution in [2.75, 3.05) is 23.9 Å². The topological polar surface area (TPSA) is 72.0 Å². The van der Waals surface area contributed by atoms with E-state index in [-0.39, 0.29) is 11.0 Å². The highest BCUT2D eigenvalue weighted by atomic mass is 79.9. The van der Waals surface area contributed by atoms with E-state index in [1.54, 1.807) is 0 Å². The molecule has 0 aliphatic rings. The number of rotatable bonds is 5. The Morgan fingerprint density at radius 2 is 2.25 bits per heavy atom. The molecule has 1 aromatic heterocycles. The average Bonchev–Trinajstić information content (AvgIpc) is 2.16. The first-order valence-electron chi connectivity index (χ1n) is 4.48. The van der Waals surface area contributed by atoms with Crippen LogP contribution >= 0.6 is 27.5 Å². The standard InChI is InChI=1S/C8H11BrClN3O2S/c1-16(14,15)4-2-3-11-7-6(9)5-12-8(10)13-7/h5H,2-4H2,1H3,(H,11,12,13). The Balaban J connectivity index is 2.46. The highest BCUT2D eigenvalue weighted by Crippen LogP contribution is 2.19. The van der Waals surface area contributed by atoms with Crippen LogP contribution in [0.3, 0.4) is 0 Å². The minimum Gasteiger partial charge on any atom is -0.369 e. The lowest BCUT2D eigenvalue weighted by Gasteiger charge is -2.06. The van der Waals surface area contributed by atoms with E-state index >= 15 is 0 Å². The monoisotopic (exact) mass is 327 g/mol. The first-order chi connectivity index (χ1) is 7.38. The van der Waals surface area contributed by atoms with E-state index in [9.17, 15) is 8.42 Å². The van der Waals surface area contributed by atoms with Crippen molar-refractivity contribution in [1.82, 2.24) is 9.97 Å². The van der Waals surface area contributed by atoms with Crippen LogP contribution in [0.15, 0.2) is 10.7 Å². The first kappa shape index (κ1) is 13.7. The molecule has 0 aliphatic carbocycles. The maximum atomic E-state index is 10.9. The second kappa shape index (κ2) is 5.79. The predicted molar refractivity (Wildman–Crippen MR) is 67.6 cm³/mol. The average molecular weight is 329 g/mol. The van der Waals surface area contributed by atoms with Crippen LogP contribution in [0.25, 0.3) is 0 Å². The van der Waals surface area contributed by atoms with Gasteiger partial charge in [0.05, 0.1) is 10.2 Å². The maximum absolute atomic E-state index is 10.9. The van der Waals surface area contributed by atoms with Gasteiger partial charge in [0, 0.05) is 19.0 Å². The number of sulfone groups is 1. The van der Waals surface area contributed by atoms with Gasteiger partial charge in [-0.2, -0.15) is 4.98 Å². The number of halogens is 2. The number of nitrogens with zero attached hydrogens (tertiary/aromatic N) is 2. The summed E-state index contributed by atoms with van der Waals surface area (Å²) < 4.78 is 22.5. The molecule has 1 rings (SSSR count).